The maximum Gasteiger partial charge on any atom is 0.221 e. The van der Waals surface area contributed by atoms with Gasteiger partial charge in [-0.05, 0) is 5.56 Å². The molecule has 0 aliphatic carbocycles. The molecule has 1 unspecified atom stereocenters. The van der Waals surface area contributed by atoms with Crippen molar-refractivity contribution in [3.63, 3.8) is 0 Å². The molecular weight excluding hydrogens is 224 g/mol. The lowest BCUT2D eigenvalue weighted by Gasteiger charge is -2.17. The SMILES string of the molecule is CC(C)(C)C(=O)C(=O)C(Cl)c1ccccc1. The molecule has 0 N–H and O–H groups in total. The van der Waals surface area contributed by atoms with Gasteiger partial charge in [-0.2, -0.15) is 0 Å². The fraction of sp³-hybridized carbons (Fsp3) is 0.385. The van der Waals surface area contributed by atoms with Crippen molar-refractivity contribution in [1.82, 2.24) is 0 Å². The second-order valence-corrected chi connectivity index (χ2v) is 5.15. The summed E-state index contributed by atoms with van der Waals surface area (Å²) in [6, 6.07) is 8.90. The first-order chi connectivity index (χ1) is 7.34. The predicted octanol–water partition coefficient (Wildman–Crippen LogP) is 3.15. The second kappa shape index (κ2) is 4.79. The summed E-state index contributed by atoms with van der Waals surface area (Å²) in [4.78, 5) is 23.6. The molecule has 0 saturated heterocycles. The van der Waals surface area contributed by atoms with E-state index in [-0.39, 0.29) is 0 Å². The fourth-order valence-corrected chi connectivity index (χ4v) is 1.50. The van der Waals surface area contributed by atoms with Gasteiger partial charge in [0.1, 0.15) is 5.38 Å². The highest BCUT2D eigenvalue weighted by Crippen LogP contribution is 2.26. The van der Waals surface area contributed by atoms with Gasteiger partial charge in [0.2, 0.25) is 11.6 Å². The van der Waals surface area contributed by atoms with Crippen molar-refractivity contribution in [3.8, 4) is 0 Å². The molecule has 1 rings (SSSR count). The Kier molecular flexibility index (Phi) is 3.87. The van der Waals surface area contributed by atoms with Crippen LogP contribution in [0.5, 0.6) is 0 Å². The molecule has 0 aliphatic rings. The van der Waals surface area contributed by atoms with Crippen LogP contribution in [0.15, 0.2) is 30.3 Å². The summed E-state index contributed by atoms with van der Waals surface area (Å²) in [6.07, 6.45) is 0. The first kappa shape index (κ1) is 12.9. The molecule has 3 heteroatoms. The predicted molar refractivity (Wildman–Crippen MR) is 64.5 cm³/mol. The summed E-state index contributed by atoms with van der Waals surface area (Å²) in [6.45, 7) is 5.13. The van der Waals surface area contributed by atoms with Crippen LogP contribution in [0.4, 0.5) is 0 Å². The Hall–Kier alpha value is -1.15. The van der Waals surface area contributed by atoms with Crippen LogP contribution >= 0.6 is 11.6 Å². The molecule has 0 spiro atoms. The molecule has 0 heterocycles. The molecule has 86 valence electrons. The number of hydrogen-bond acceptors (Lipinski definition) is 2. The average Bonchev–Trinajstić information content (AvgIpc) is 2.26. The van der Waals surface area contributed by atoms with Crippen molar-refractivity contribution < 1.29 is 9.59 Å². The third kappa shape index (κ3) is 2.92. The summed E-state index contributed by atoms with van der Waals surface area (Å²) in [5.74, 6) is -0.975. The Morgan fingerprint density at radius 1 is 1.12 bits per heavy atom. The highest BCUT2D eigenvalue weighted by atomic mass is 35.5. The first-order valence-corrected chi connectivity index (χ1v) is 5.55. The summed E-state index contributed by atoms with van der Waals surface area (Å²) < 4.78 is 0. The highest BCUT2D eigenvalue weighted by Gasteiger charge is 2.32. The monoisotopic (exact) mass is 238 g/mol. The van der Waals surface area contributed by atoms with Crippen LogP contribution in [0.25, 0.3) is 0 Å². The maximum absolute atomic E-state index is 11.8. The minimum absolute atomic E-state index is 0.434. The zero-order valence-corrected chi connectivity index (χ0v) is 10.4. The van der Waals surface area contributed by atoms with Crippen molar-refractivity contribution in [1.29, 1.82) is 0 Å². The minimum atomic E-state index is -0.882. The molecule has 0 aliphatic heterocycles. The Bertz CT molecular complexity index is 390. The Morgan fingerprint density at radius 3 is 2.06 bits per heavy atom. The number of hydrogen-bond donors (Lipinski definition) is 0. The van der Waals surface area contributed by atoms with E-state index in [2.05, 4.69) is 0 Å². The van der Waals surface area contributed by atoms with Crippen LogP contribution in [-0.4, -0.2) is 11.6 Å². The summed E-state index contributed by atoms with van der Waals surface area (Å²) in [5.41, 5.74) is -0.0225. The van der Waals surface area contributed by atoms with E-state index in [1.54, 1.807) is 45.0 Å². The number of halogens is 1. The largest absolute Gasteiger partial charge is 0.290 e. The average molecular weight is 239 g/mol. The number of carbonyl (C=O) groups is 2. The molecule has 2 nitrogen and oxygen atoms in total. The lowest BCUT2D eigenvalue weighted by atomic mass is 9.86. The van der Waals surface area contributed by atoms with Gasteiger partial charge in [-0.3, -0.25) is 9.59 Å². The Balaban J connectivity index is 2.88. The Labute approximate surface area is 101 Å². The van der Waals surface area contributed by atoms with E-state index in [9.17, 15) is 9.59 Å². The molecule has 0 fully saturated rings. The highest BCUT2D eigenvalue weighted by molar-refractivity contribution is 6.50. The van der Waals surface area contributed by atoms with E-state index in [1.165, 1.54) is 0 Å². The number of Topliss-reactive ketones (excluding diaryl/α,β-unsaturated/α-hetero) is 2. The molecule has 1 aromatic rings. The van der Waals surface area contributed by atoms with Crippen molar-refractivity contribution in [2.75, 3.05) is 0 Å². The van der Waals surface area contributed by atoms with Gasteiger partial charge in [-0.15, -0.1) is 11.6 Å². The second-order valence-electron chi connectivity index (χ2n) is 4.72. The van der Waals surface area contributed by atoms with Crippen LogP contribution < -0.4 is 0 Å². The van der Waals surface area contributed by atoms with Gasteiger partial charge in [0, 0.05) is 5.41 Å². The Morgan fingerprint density at radius 2 is 1.62 bits per heavy atom. The number of alkyl halides is 1. The molecule has 0 saturated carbocycles. The summed E-state index contributed by atoms with van der Waals surface area (Å²) in [7, 11) is 0. The summed E-state index contributed by atoms with van der Waals surface area (Å²) >= 11 is 5.99. The standard InChI is InChI=1S/C13H15ClO2/c1-13(2,3)12(16)11(15)10(14)9-7-5-4-6-8-9/h4-8,10H,1-3H3. The van der Waals surface area contributed by atoms with E-state index in [1.807, 2.05) is 6.07 Å². The van der Waals surface area contributed by atoms with Crippen LogP contribution in [0.1, 0.15) is 31.7 Å². The van der Waals surface area contributed by atoms with Crippen molar-refractivity contribution >= 4 is 23.2 Å². The minimum Gasteiger partial charge on any atom is -0.290 e. The number of benzene rings is 1. The van der Waals surface area contributed by atoms with Gasteiger partial charge in [-0.25, -0.2) is 0 Å². The molecule has 0 bridgehead atoms. The third-order valence-electron chi connectivity index (χ3n) is 2.23. The van der Waals surface area contributed by atoms with E-state index in [0.29, 0.717) is 5.56 Å². The lowest BCUT2D eigenvalue weighted by molar-refractivity contribution is -0.141. The molecule has 16 heavy (non-hydrogen) atoms. The normalized spacial score (nSPS) is 13.2. The van der Waals surface area contributed by atoms with Crippen LogP contribution in [-0.2, 0) is 9.59 Å². The van der Waals surface area contributed by atoms with E-state index >= 15 is 0 Å². The van der Waals surface area contributed by atoms with Crippen LogP contribution in [0.2, 0.25) is 0 Å². The molecule has 0 amide bonds. The lowest BCUT2D eigenvalue weighted by Crippen LogP contribution is -2.31. The number of carbonyl (C=O) groups excluding carboxylic acids is 2. The van der Waals surface area contributed by atoms with Crippen LogP contribution in [0.3, 0.4) is 0 Å². The van der Waals surface area contributed by atoms with Gasteiger partial charge >= 0.3 is 0 Å². The van der Waals surface area contributed by atoms with Gasteiger partial charge in [0.15, 0.2) is 0 Å². The van der Waals surface area contributed by atoms with Gasteiger partial charge in [0.25, 0.3) is 0 Å². The van der Waals surface area contributed by atoms with Crippen molar-refractivity contribution in [2.45, 2.75) is 26.1 Å². The zero-order valence-electron chi connectivity index (χ0n) is 9.66. The maximum atomic E-state index is 11.8. The molecule has 1 atom stereocenters. The quantitative estimate of drug-likeness (QED) is 0.599. The third-order valence-corrected chi connectivity index (χ3v) is 2.68. The smallest absolute Gasteiger partial charge is 0.221 e. The topological polar surface area (TPSA) is 34.1 Å². The zero-order chi connectivity index (χ0) is 12.3. The van der Waals surface area contributed by atoms with Crippen molar-refractivity contribution in [2.24, 2.45) is 5.41 Å². The molecular formula is C13H15ClO2. The van der Waals surface area contributed by atoms with Crippen molar-refractivity contribution in [3.05, 3.63) is 35.9 Å². The number of rotatable bonds is 3. The molecule has 0 aromatic heterocycles. The van der Waals surface area contributed by atoms with E-state index in [0.717, 1.165) is 0 Å². The van der Waals surface area contributed by atoms with E-state index < -0.39 is 22.4 Å². The molecule has 0 radical (unpaired) electrons. The fourth-order valence-electron chi connectivity index (χ4n) is 1.26. The molecule has 1 aromatic carbocycles. The van der Waals surface area contributed by atoms with Gasteiger partial charge in [0.05, 0.1) is 0 Å². The van der Waals surface area contributed by atoms with E-state index in [4.69, 9.17) is 11.6 Å². The van der Waals surface area contributed by atoms with Crippen LogP contribution in [0, 0.1) is 5.41 Å². The summed E-state index contributed by atoms with van der Waals surface area (Å²) in [5, 5.41) is -0.882. The first-order valence-electron chi connectivity index (χ1n) is 5.11. The number of ketones is 2. The van der Waals surface area contributed by atoms with Gasteiger partial charge < -0.3 is 0 Å². The van der Waals surface area contributed by atoms with Gasteiger partial charge in [-0.1, -0.05) is 51.1 Å².